The van der Waals surface area contributed by atoms with Gasteiger partial charge >= 0.3 is 0 Å². The number of rotatable bonds is 6. The summed E-state index contributed by atoms with van der Waals surface area (Å²) in [5, 5.41) is 1.06. The molecule has 0 saturated heterocycles. The Morgan fingerprint density at radius 2 is 2.12 bits per heavy atom. The minimum atomic E-state index is 0.751. The van der Waals surface area contributed by atoms with E-state index in [0.717, 1.165) is 29.7 Å². The number of aryl methyl sites for hydroxylation is 1. The molecule has 4 heteroatoms. The fourth-order valence-corrected chi connectivity index (χ4v) is 2.26. The number of benzene rings is 1. The third kappa shape index (κ3) is 3.82. The largest absolute Gasteiger partial charge is 0.494 e. The molecule has 0 unspecified atom stereocenters. The van der Waals surface area contributed by atoms with E-state index in [1.54, 1.807) is 11.8 Å². The van der Waals surface area contributed by atoms with Crippen LogP contribution < -0.4 is 4.74 Å². The van der Waals surface area contributed by atoms with Crippen LogP contribution in [0.4, 0.5) is 0 Å². The van der Waals surface area contributed by atoms with E-state index >= 15 is 0 Å². The van der Waals surface area contributed by atoms with E-state index < -0.39 is 0 Å². The topological polar surface area (TPSA) is 27.1 Å². The maximum Gasteiger partial charge on any atom is 0.167 e. The number of thioether (sulfide) groups is 1. The van der Waals surface area contributed by atoms with Crippen LogP contribution in [0.2, 0.25) is 0 Å². The fraction of sp³-hybridized carbons (Fsp3) is 0.308. The highest BCUT2D eigenvalue weighted by molar-refractivity contribution is 7.99. The van der Waals surface area contributed by atoms with Crippen LogP contribution in [0, 0.1) is 0 Å². The number of hydrogen-bond donors (Lipinski definition) is 0. The van der Waals surface area contributed by atoms with E-state index in [0.29, 0.717) is 0 Å². The van der Waals surface area contributed by atoms with Gasteiger partial charge in [0.05, 0.1) is 6.61 Å². The quantitative estimate of drug-likeness (QED) is 0.581. The van der Waals surface area contributed by atoms with Crippen LogP contribution >= 0.6 is 11.8 Å². The third-order valence-electron chi connectivity index (χ3n) is 2.31. The predicted octanol–water partition coefficient (Wildman–Crippen LogP) is 2.98. The number of aromatic nitrogens is 2. The molecule has 0 bridgehead atoms. The first kappa shape index (κ1) is 12.0. The zero-order chi connectivity index (χ0) is 11.9. The van der Waals surface area contributed by atoms with Crippen LogP contribution in [0.5, 0.6) is 5.75 Å². The minimum Gasteiger partial charge on any atom is -0.494 e. The van der Waals surface area contributed by atoms with Crippen LogP contribution in [-0.2, 0) is 7.05 Å². The van der Waals surface area contributed by atoms with E-state index in [1.165, 1.54) is 0 Å². The summed E-state index contributed by atoms with van der Waals surface area (Å²) in [5.74, 6) is 1.96. The number of nitrogens with zero attached hydrogens (tertiary/aromatic N) is 2. The Labute approximate surface area is 106 Å². The zero-order valence-corrected chi connectivity index (χ0v) is 10.7. The Morgan fingerprint density at radius 3 is 2.82 bits per heavy atom. The second-order valence-electron chi connectivity index (χ2n) is 3.68. The lowest BCUT2D eigenvalue weighted by molar-refractivity contribution is 0.318. The third-order valence-corrected chi connectivity index (χ3v) is 3.45. The summed E-state index contributed by atoms with van der Waals surface area (Å²) < 4.78 is 7.65. The van der Waals surface area contributed by atoms with Crippen molar-refractivity contribution in [3.63, 3.8) is 0 Å². The van der Waals surface area contributed by atoms with Gasteiger partial charge in [-0.3, -0.25) is 0 Å². The van der Waals surface area contributed by atoms with Crippen molar-refractivity contribution < 1.29 is 4.74 Å². The average molecular weight is 248 g/mol. The SMILES string of the molecule is Cn1ccnc1SCCCOc1ccccc1. The Balaban J connectivity index is 1.63. The first-order valence-corrected chi connectivity index (χ1v) is 6.63. The van der Waals surface area contributed by atoms with Crippen LogP contribution in [0.25, 0.3) is 0 Å². The summed E-state index contributed by atoms with van der Waals surface area (Å²) in [4.78, 5) is 4.26. The summed E-state index contributed by atoms with van der Waals surface area (Å²) in [7, 11) is 2.01. The molecule has 0 aliphatic carbocycles. The normalized spacial score (nSPS) is 10.4. The van der Waals surface area contributed by atoms with Gasteiger partial charge in [0.2, 0.25) is 0 Å². The first-order valence-electron chi connectivity index (χ1n) is 5.64. The molecule has 3 nitrogen and oxygen atoms in total. The lowest BCUT2D eigenvalue weighted by Gasteiger charge is -2.05. The minimum absolute atomic E-state index is 0.751. The Kier molecular flexibility index (Phi) is 4.50. The van der Waals surface area contributed by atoms with Gasteiger partial charge in [-0.25, -0.2) is 4.98 Å². The molecule has 0 saturated carbocycles. The van der Waals surface area contributed by atoms with E-state index in [2.05, 4.69) is 4.98 Å². The van der Waals surface area contributed by atoms with E-state index in [-0.39, 0.29) is 0 Å². The molecule has 0 atom stereocenters. The van der Waals surface area contributed by atoms with Crippen molar-refractivity contribution in [1.82, 2.24) is 9.55 Å². The molecule has 1 aromatic heterocycles. The summed E-state index contributed by atoms with van der Waals surface area (Å²) >= 11 is 1.76. The van der Waals surface area contributed by atoms with Crippen LogP contribution in [0.15, 0.2) is 47.9 Å². The smallest absolute Gasteiger partial charge is 0.167 e. The summed E-state index contributed by atoms with van der Waals surface area (Å²) in [6.45, 7) is 0.751. The summed E-state index contributed by atoms with van der Waals surface area (Å²) in [6.07, 6.45) is 4.80. The average Bonchev–Trinajstić information content (AvgIpc) is 2.76. The van der Waals surface area contributed by atoms with Crippen LogP contribution in [-0.4, -0.2) is 21.9 Å². The van der Waals surface area contributed by atoms with Crippen LogP contribution in [0.1, 0.15) is 6.42 Å². The van der Waals surface area contributed by atoms with Gasteiger partial charge in [0, 0.05) is 25.2 Å². The highest BCUT2D eigenvalue weighted by atomic mass is 32.2. The summed E-state index contributed by atoms with van der Waals surface area (Å²) in [5.41, 5.74) is 0. The van der Waals surface area contributed by atoms with Gasteiger partial charge in [-0.2, -0.15) is 0 Å². The molecule has 1 aromatic carbocycles. The Bertz CT molecular complexity index is 442. The second-order valence-corrected chi connectivity index (χ2v) is 4.75. The van der Waals surface area contributed by atoms with Crippen molar-refractivity contribution in [3.05, 3.63) is 42.7 Å². The Hall–Kier alpha value is -1.42. The number of para-hydroxylation sites is 1. The second kappa shape index (κ2) is 6.35. The first-order chi connectivity index (χ1) is 8.36. The van der Waals surface area contributed by atoms with Crippen molar-refractivity contribution in [2.75, 3.05) is 12.4 Å². The highest BCUT2D eigenvalue weighted by Gasteiger charge is 1.99. The molecule has 0 spiro atoms. The fourth-order valence-electron chi connectivity index (χ4n) is 1.42. The van der Waals surface area contributed by atoms with Crippen molar-refractivity contribution in [1.29, 1.82) is 0 Å². The maximum atomic E-state index is 5.62. The van der Waals surface area contributed by atoms with Gasteiger partial charge in [0.15, 0.2) is 5.16 Å². The molecule has 17 heavy (non-hydrogen) atoms. The maximum absolute atomic E-state index is 5.62. The molecule has 0 aliphatic heterocycles. The lowest BCUT2D eigenvalue weighted by atomic mass is 10.3. The predicted molar refractivity (Wildman–Crippen MR) is 70.5 cm³/mol. The van der Waals surface area contributed by atoms with Gasteiger partial charge in [-0.05, 0) is 18.6 Å². The number of imidazole rings is 1. The van der Waals surface area contributed by atoms with E-state index in [9.17, 15) is 0 Å². The molecule has 1 heterocycles. The van der Waals surface area contributed by atoms with Crippen molar-refractivity contribution >= 4 is 11.8 Å². The molecule has 2 aromatic rings. The molecule has 0 aliphatic rings. The molecule has 90 valence electrons. The van der Waals surface area contributed by atoms with Gasteiger partial charge < -0.3 is 9.30 Å². The van der Waals surface area contributed by atoms with E-state index in [1.807, 2.05) is 54.3 Å². The molecule has 0 radical (unpaired) electrons. The number of ether oxygens (including phenoxy) is 1. The van der Waals surface area contributed by atoms with E-state index in [4.69, 9.17) is 4.74 Å². The molecule has 0 fully saturated rings. The molecule has 0 N–H and O–H groups in total. The molecule has 2 rings (SSSR count). The van der Waals surface area contributed by atoms with Gasteiger partial charge in [0.1, 0.15) is 5.75 Å². The Morgan fingerprint density at radius 1 is 1.29 bits per heavy atom. The molecular formula is C13H16N2OS. The van der Waals surface area contributed by atoms with Gasteiger partial charge in [-0.15, -0.1) is 0 Å². The molecule has 0 amide bonds. The van der Waals surface area contributed by atoms with Crippen molar-refractivity contribution in [2.24, 2.45) is 7.05 Å². The van der Waals surface area contributed by atoms with Gasteiger partial charge in [0.25, 0.3) is 0 Å². The van der Waals surface area contributed by atoms with Crippen molar-refractivity contribution in [2.45, 2.75) is 11.6 Å². The number of hydrogen-bond acceptors (Lipinski definition) is 3. The molecular weight excluding hydrogens is 232 g/mol. The highest BCUT2D eigenvalue weighted by Crippen LogP contribution is 2.15. The van der Waals surface area contributed by atoms with Crippen LogP contribution in [0.3, 0.4) is 0 Å². The lowest BCUT2D eigenvalue weighted by Crippen LogP contribution is -1.99. The van der Waals surface area contributed by atoms with Gasteiger partial charge in [-0.1, -0.05) is 30.0 Å². The zero-order valence-electron chi connectivity index (χ0n) is 9.87. The van der Waals surface area contributed by atoms with Crippen molar-refractivity contribution in [3.8, 4) is 5.75 Å². The summed E-state index contributed by atoms with van der Waals surface area (Å²) in [6, 6.07) is 9.91. The standard InChI is InChI=1S/C13H16N2OS/c1-15-9-8-14-13(15)17-11-5-10-16-12-6-3-2-4-7-12/h2-4,6-9H,5,10-11H2,1H3. The monoisotopic (exact) mass is 248 g/mol.